The van der Waals surface area contributed by atoms with Gasteiger partial charge in [0, 0.05) is 27.0 Å². The molecule has 1 heterocycles. The van der Waals surface area contributed by atoms with E-state index >= 15 is 0 Å². The topological polar surface area (TPSA) is 99.6 Å². The lowest BCUT2D eigenvalue weighted by Gasteiger charge is -2.13. The minimum absolute atomic E-state index is 0.00490. The summed E-state index contributed by atoms with van der Waals surface area (Å²) in [4.78, 5) is 29.2. The fourth-order valence-electron chi connectivity index (χ4n) is 3.72. The molecule has 8 nitrogen and oxygen atoms in total. The van der Waals surface area contributed by atoms with Crippen molar-refractivity contribution < 1.29 is 9.66 Å². The third-order valence-corrected chi connectivity index (χ3v) is 6.10. The van der Waals surface area contributed by atoms with E-state index in [1.54, 1.807) is 12.1 Å². The second-order valence-electron chi connectivity index (χ2n) is 8.53. The second kappa shape index (κ2) is 10.6. The molecule has 0 bridgehead atoms. The molecule has 36 heavy (non-hydrogen) atoms. The maximum atomic E-state index is 13.3. The van der Waals surface area contributed by atoms with Gasteiger partial charge in [-0.05, 0) is 36.8 Å². The van der Waals surface area contributed by atoms with Gasteiger partial charge in [-0.3, -0.25) is 14.9 Å². The Kier molecular flexibility index (Phi) is 7.51. The summed E-state index contributed by atoms with van der Waals surface area (Å²) in [6, 6.07) is 15.6. The van der Waals surface area contributed by atoms with Crippen LogP contribution < -0.4 is 10.3 Å². The Bertz CT molecular complexity index is 1570. The quantitative estimate of drug-likeness (QED) is 0.142. The number of halogens is 2. The molecule has 0 fully saturated rings. The van der Waals surface area contributed by atoms with Crippen LogP contribution in [0, 0.1) is 17.0 Å². The van der Waals surface area contributed by atoms with E-state index in [2.05, 4.69) is 26.0 Å². The highest BCUT2D eigenvalue weighted by molar-refractivity contribution is 9.10. The minimum atomic E-state index is -0.560. The summed E-state index contributed by atoms with van der Waals surface area (Å²) in [5, 5.41) is 16.7. The number of nitro groups is 1. The number of aryl methyl sites for hydroxylation is 1. The normalized spacial score (nSPS) is 11.5. The monoisotopic (exact) mass is 568 g/mol. The van der Waals surface area contributed by atoms with Crippen LogP contribution in [0.3, 0.4) is 0 Å². The van der Waals surface area contributed by atoms with Gasteiger partial charge in [-0.15, -0.1) is 0 Å². The number of fused-ring (bicyclic) bond motifs is 1. The van der Waals surface area contributed by atoms with Crippen molar-refractivity contribution in [1.29, 1.82) is 0 Å². The standard InChI is InChI=1S/C26H22BrClN4O4/c1-15(2)25-30-22-8-7-19(27)11-21(22)26(33)31(25)29-13-18-10-20(28)12-23(32(34)35)24(18)36-14-17-6-4-5-16(3)9-17/h4-13,15H,14H2,1-3H3. The van der Waals surface area contributed by atoms with Gasteiger partial charge >= 0.3 is 5.69 Å². The highest BCUT2D eigenvalue weighted by Gasteiger charge is 2.21. The van der Waals surface area contributed by atoms with Crippen molar-refractivity contribution in [2.45, 2.75) is 33.3 Å². The Balaban J connectivity index is 1.83. The van der Waals surface area contributed by atoms with Crippen LogP contribution in [-0.2, 0) is 6.61 Å². The average Bonchev–Trinajstić information content (AvgIpc) is 2.82. The SMILES string of the molecule is Cc1cccc(COc2c(C=Nn3c(C(C)C)nc4ccc(Br)cc4c3=O)cc(Cl)cc2[N+](=O)[O-])c1. The molecule has 184 valence electrons. The third kappa shape index (κ3) is 5.47. The van der Waals surface area contributed by atoms with E-state index in [1.165, 1.54) is 23.0 Å². The molecule has 4 aromatic rings. The Morgan fingerprint density at radius 3 is 2.69 bits per heavy atom. The smallest absolute Gasteiger partial charge is 0.313 e. The summed E-state index contributed by atoms with van der Waals surface area (Å²) in [7, 11) is 0. The molecule has 0 spiro atoms. The Hall–Kier alpha value is -3.56. The molecule has 0 radical (unpaired) electrons. The largest absolute Gasteiger partial charge is 0.481 e. The first-order valence-corrected chi connectivity index (χ1v) is 12.2. The molecule has 0 aliphatic heterocycles. The van der Waals surface area contributed by atoms with Gasteiger partial charge in [-0.25, -0.2) is 4.98 Å². The molecule has 10 heteroatoms. The maximum Gasteiger partial charge on any atom is 0.313 e. The zero-order chi connectivity index (χ0) is 26.0. The molecule has 0 unspecified atom stereocenters. The van der Waals surface area contributed by atoms with Gasteiger partial charge in [0.25, 0.3) is 5.56 Å². The number of benzene rings is 3. The van der Waals surface area contributed by atoms with Gasteiger partial charge in [-0.1, -0.05) is 71.2 Å². The van der Waals surface area contributed by atoms with Crippen LogP contribution >= 0.6 is 27.5 Å². The third-order valence-electron chi connectivity index (χ3n) is 5.39. The zero-order valence-electron chi connectivity index (χ0n) is 19.7. The van der Waals surface area contributed by atoms with Crippen molar-refractivity contribution in [2.75, 3.05) is 0 Å². The zero-order valence-corrected chi connectivity index (χ0v) is 22.1. The van der Waals surface area contributed by atoms with Crippen LogP contribution in [0.5, 0.6) is 5.75 Å². The van der Waals surface area contributed by atoms with Gasteiger partial charge in [-0.2, -0.15) is 9.78 Å². The molecule has 0 saturated heterocycles. The number of hydrogen-bond donors (Lipinski definition) is 0. The Labute approximate surface area is 220 Å². The molecule has 0 saturated carbocycles. The summed E-state index contributed by atoms with van der Waals surface area (Å²) in [6.07, 6.45) is 1.34. The number of hydrogen-bond acceptors (Lipinski definition) is 6. The summed E-state index contributed by atoms with van der Waals surface area (Å²) >= 11 is 9.57. The lowest BCUT2D eigenvalue weighted by atomic mass is 10.1. The van der Waals surface area contributed by atoms with Crippen molar-refractivity contribution in [3.8, 4) is 5.75 Å². The number of nitro benzene ring substituents is 1. The highest BCUT2D eigenvalue weighted by atomic mass is 79.9. The summed E-state index contributed by atoms with van der Waals surface area (Å²) < 4.78 is 7.85. The number of ether oxygens (including phenoxy) is 1. The molecule has 3 aromatic carbocycles. The molecule has 4 rings (SSSR count). The molecule has 0 atom stereocenters. The number of aromatic nitrogens is 2. The van der Waals surface area contributed by atoms with Crippen LogP contribution in [0.2, 0.25) is 5.02 Å². The van der Waals surface area contributed by atoms with Crippen molar-refractivity contribution in [3.05, 3.63) is 107 Å². The van der Waals surface area contributed by atoms with Crippen molar-refractivity contribution >= 4 is 50.3 Å². The average molecular weight is 570 g/mol. The summed E-state index contributed by atoms with van der Waals surface area (Å²) in [5.74, 6) is 0.337. The highest BCUT2D eigenvalue weighted by Crippen LogP contribution is 2.34. The van der Waals surface area contributed by atoms with Gasteiger partial charge in [0.05, 0.1) is 22.0 Å². The molecule has 1 aromatic heterocycles. The lowest BCUT2D eigenvalue weighted by Crippen LogP contribution is -2.23. The van der Waals surface area contributed by atoms with E-state index in [0.29, 0.717) is 16.7 Å². The molecular weight excluding hydrogens is 548 g/mol. The molecule has 0 aliphatic rings. The van der Waals surface area contributed by atoms with E-state index in [1.807, 2.05) is 51.1 Å². The first kappa shape index (κ1) is 25.5. The van der Waals surface area contributed by atoms with Gasteiger partial charge in [0.15, 0.2) is 0 Å². The van der Waals surface area contributed by atoms with Crippen LogP contribution in [0.4, 0.5) is 5.69 Å². The first-order valence-electron chi connectivity index (χ1n) is 11.1. The van der Waals surface area contributed by atoms with Crippen LogP contribution in [0.15, 0.2) is 69.0 Å². The first-order chi connectivity index (χ1) is 17.1. The van der Waals surface area contributed by atoms with E-state index in [9.17, 15) is 14.9 Å². The van der Waals surface area contributed by atoms with Crippen molar-refractivity contribution in [2.24, 2.45) is 5.10 Å². The maximum absolute atomic E-state index is 13.3. The van der Waals surface area contributed by atoms with E-state index in [-0.39, 0.29) is 40.1 Å². The molecule has 0 N–H and O–H groups in total. The fraction of sp³-hybridized carbons (Fsp3) is 0.192. The van der Waals surface area contributed by atoms with Crippen molar-refractivity contribution in [3.63, 3.8) is 0 Å². The number of rotatable bonds is 7. The Morgan fingerprint density at radius 2 is 2.00 bits per heavy atom. The molecular formula is C26H22BrClN4O4. The van der Waals surface area contributed by atoms with Gasteiger partial charge < -0.3 is 4.74 Å². The summed E-state index contributed by atoms with van der Waals surface area (Å²) in [5.41, 5.74) is 2.05. The summed E-state index contributed by atoms with van der Waals surface area (Å²) in [6.45, 7) is 5.86. The van der Waals surface area contributed by atoms with Crippen LogP contribution in [0.1, 0.15) is 42.3 Å². The predicted octanol–water partition coefficient (Wildman–Crippen LogP) is 6.61. The second-order valence-corrected chi connectivity index (χ2v) is 9.88. The van der Waals surface area contributed by atoms with Crippen molar-refractivity contribution in [1.82, 2.24) is 9.66 Å². The lowest BCUT2D eigenvalue weighted by molar-refractivity contribution is -0.385. The molecule has 0 amide bonds. The number of nitrogens with zero attached hydrogens (tertiary/aromatic N) is 4. The minimum Gasteiger partial charge on any atom is -0.481 e. The fourth-order valence-corrected chi connectivity index (χ4v) is 4.30. The van der Waals surface area contributed by atoms with E-state index in [4.69, 9.17) is 16.3 Å². The van der Waals surface area contributed by atoms with E-state index < -0.39 is 4.92 Å². The Morgan fingerprint density at radius 1 is 1.22 bits per heavy atom. The van der Waals surface area contributed by atoms with Gasteiger partial charge in [0.2, 0.25) is 5.75 Å². The van der Waals surface area contributed by atoms with Crippen LogP contribution in [0.25, 0.3) is 10.9 Å². The van der Waals surface area contributed by atoms with E-state index in [0.717, 1.165) is 15.6 Å². The predicted molar refractivity (Wildman–Crippen MR) is 144 cm³/mol. The van der Waals surface area contributed by atoms with Gasteiger partial charge in [0.1, 0.15) is 12.4 Å². The molecule has 0 aliphatic carbocycles. The van der Waals surface area contributed by atoms with Crippen LogP contribution in [-0.4, -0.2) is 20.8 Å².